The van der Waals surface area contributed by atoms with Crippen LogP contribution in [-0.4, -0.2) is 64.0 Å². The van der Waals surface area contributed by atoms with Crippen molar-refractivity contribution in [1.82, 2.24) is 24.8 Å². The number of hydrogen-bond acceptors (Lipinski definition) is 6. The molecule has 0 saturated carbocycles. The van der Waals surface area contributed by atoms with Crippen molar-refractivity contribution in [2.24, 2.45) is 0 Å². The quantitative estimate of drug-likeness (QED) is 0.565. The van der Waals surface area contributed by atoms with Crippen molar-refractivity contribution in [2.45, 2.75) is 13.5 Å². The molecule has 4 rings (SSSR count). The van der Waals surface area contributed by atoms with Gasteiger partial charge in [0.25, 0.3) is 5.91 Å². The van der Waals surface area contributed by atoms with E-state index in [4.69, 9.17) is 4.74 Å². The summed E-state index contributed by atoms with van der Waals surface area (Å²) in [6, 6.07) is 11.8. The van der Waals surface area contributed by atoms with Gasteiger partial charge in [-0.3, -0.25) is 9.69 Å². The lowest BCUT2D eigenvalue weighted by Crippen LogP contribution is -2.48. The Kier molecular flexibility index (Phi) is 5.98. The zero-order valence-corrected chi connectivity index (χ0v) is 18.7. The van der Waals surface area contributed by atoms with Crippen LogP contribution in [0.1, 0.15) is 21.1 Å². The summed E-state index contributed by atoms with van der Waals surface area (Å²) in [7, 11) is 1.63. The van der Waals surface area contributed by atoms with E-state index in [-0.39, 0.29) is 5.91 Å². The van der Waals surface area contributed by atoms with E-state index < -0.39 is 0 Å². The van der Waals surface area contributed by atoms with Crippen molar-refractivity contribution in [3.05, 3.63) is 56.4 Å². The van der Waals surface area contributed by atoms with Crippen molar-refractivity contribution in [2.75, 3.05) is 33.3 Å². The lowest BCUT2D eigenvalue weighted by atomic mass is 10.2. The van der Waals surface area contributed by atoms with Gasteiger partial charge in [0.15, 0.2) is 5.69 Å². The second-order valence-electron chi connectivity index (χ2n) is 6.91. The Labute approximate surface area is 182 Å². The molecule has 0 atom stereocenters. The molecule has 29 heavy (non-hydrogen) atoms. The van der Waals surface area contributed by atoms with Crippen LogP contribution in [0.5, 0.6) is 5.75 Å². The summed E-state index contributed by atoms with van der Waals surface area (Å²) in [6.07, 6.45) is 0. The number of carbonyl (C=O) groups excluding carboxylic acids is 1. The monoisotopic (exact) mass is 475 g/mol. The Morgan fingerprint density at radius 2 is 1.86 bits per heavy atom. The van der Waals surface area contributed by atoms with Crippen LogP contribution < -0.4 is 4.74 Å². The fraction of sp³-hybridized carbons (Fsp3) is 0.350. The molecule has 0 unspecified atom stereocenters. The van der Waals surface area contributed by atoms with Crippen molar-refractivity contribution in [3.63, 3.8) is 0 Å². The summed E-state index contributed by atoms with van der Waals surface area (Å²) in [5, 5.41) is 8.37. The van der Waals surface area contributed by atoms with Gasteiger partial charge in [-0.2, -0.15) is 0 Å². The van der Waals surface area contributed by atoms with Crippen LogP contribution >= 0.6 is 27.3 Å². The van der Waals surface area contributed by atoms with E-state index in [0.717, 1.165) is 40.6 Å². The number of ether oxygens (including phenoxy) is 1. The van der Waals surface area contributed by atoms with Crippen LogP contribution in [0, 0.1) is 6.92 Å². The zero-order chi connectivity index (χ0) is 20.4. The van der Waals surface area contributed by atoms with Gasteiger partial charge in [-0.15, -0.1) is 16.4 Å². The fourth-order valence-corrected chi connectivity index (χ4v) is 4.94. The fourth-order valence-electron chi connectivity index (χ4n) is 3.41. The standard InChI is InChI=1S/C20H22BrN5O2S/c1-14-19(22-23-26(14)15-3-5-16(28-2)6-4-15)20(27)25-11-9-24(10-12-25)13-17-7-8-18(21)29-17/h3-8H,9-13H2,1-2H3. The van der Waals surface area contributed by atoms with Crippen LogP contribution in [-0.2, 0) is 6.54 Å². The molecular weight excluding hydrogens is 454 g/mol. The van der Waals surface area contributed by atoms with Crippen LogP contribution in [0.2, 0.25) is 0 Å². The number of aromatic nitrogens is 3. The summed E-state index contributed by atoms with van der Waals surface area (Å²) >= 11 is 5.27. The average molecular weight is 476 g/mol. The van der Waals surface area contributed by atoms with E-state index in [9.17, 15) is 4.79 Å². The number of methoxy groups -OCH3 is 1. The summed E-state index contributed by atoms with van der Waals surface area (Å²) in [6.45, 7) is 5.90. The Morgan fingerprint density at radius 3 is 2.48 bits per heavy atom. The van der Waals surface area contributed by atoms with E-state index >= 15 is 0 Å². The maximum absolute atomic E-state index is 13.0. The number of hydrogen-bond donors (Lipinski definition) is 0. The molecule has 1 aromatic carbocycles. The van der Waals surface area contributed by atoms with Crippen molar-refractivity contribution < 1.29 is 9.53 Å². The largest absolute Gasteiger partial charge is 0.497 e. The Hall–Kier alpha value is -2.23. The molecular formula is C20H22BrN5O2S. The number of thiophene rings is 1. The molecule has 3 heterocycles. The minimum atomic E-state index is -0.0548. The Bertz CT molecular complexity index is 993. The van der Waals surface area contributed by atoms with Crippen LogP contribution in [0.3, 0.4) is 0 Å². The van der Waals surface area contributed by atoms with E-state index in [2.05, 4.69) is 43.3 Å². The van der Waals surface area contributed by atoms with Gasteiger partial charge >= 0.3 is 0 Å². The highest BCUT2D eigenvalue weighted by atomic mass is 79.9. The molecule has 9 heteroatoms. The first kappa shape index (κ1) is 20.1. The van der Waals surface area contributed by atoms with Crippen LogP contribution in [0.4, 0.5) is 0 Å². The summed E-state index contributed by atoms with van der Waals surface area (Å²) < 4.78 is 8.04. The first-order valence-corrected chi connectivity index (χ1v) is 11.0. The third-order valence-electron chi connectivity index (χ3n) is 5.08. The first-order chi connectivity index (χ1) is 14.0. The minimum Gasteiger partial charge on any atom is -0.497 e. The second kappa shape index (κ2) is 8.64. The summed E-state index contributed by atoms with van der Waals surface area (Å²) in [4.78, 5) is 18.6. The lowest BCUT2D eigenvalue weighted by molar-refractivity contribution is 0.0623. The molecule has 0 bridgehead atoms. The molecule has 152 valence electrons. The third kappa shape index (κ3) is 4.36. The minimum absolute atomic E-state index is 0.0548. The topological polar surface area (TPSA) is 63.5 Å². The zero-order valence-electron chi connectivity index (χ0n) is 16.3. The highest BCUT2D eigenvalue weighted by molar-refractivity contribution is 9.11. The van der Waals surface area contributed by atoms with E-state index in [1.165, 1.54) is 4.88 Å². The van der Waals surface area contributed by atoms with Gasteiger partial charge in [0.05, 0.1) is 22.3 Å². The number of halogens is 1. The van der Waals surface area contributed by atoms with Gasteiger partial charge in [-0.05, 0) is 59.3 Å². The average Bonchev–Trinajstić information content (AvgIpc) is 3.33. The van der Waals surface area contributed by atoms with E-state index in [1.807, 2.05) is 36.1 Å². The molecule has 1 saturated heterocycles. The molecule has 3 aromatic rings. The molecule has 0 radical (unpaired) electrons. The van der Waals surface area contributed by atoms with E-state index in [0.29, 0.717) is 18.8 Å². The van der Waals surface area contributed by atoms with Gasteiger partial charge < -0.3 is 9.64 Å². The summed E-state index contributed by atoms with van der Waals surface area (Å²) in [5.41, 5.74) is 2.00. The Morgan fingerprint density at radius 1 is 1.14 bits per heavy atom. The van der Waals surface area contributed by atoms with Crippen molar-refractivity contribution in [3.8, 4) is 11.4 Å². The smallest absolute Gasteiger partial charge is 0.276 e. The number of benzene rings is 1. The molecule has 1 aliphatic rings. The molecule has 0 spiro atoms. The lowest BCUT2D eigenvalue weighted by Gasteiger charge is -2.34. The van der Waals surface area contributed by atoms with Gasteiger partial charge in [-0.1, -0.05) is 5.21 Å². The maximum Gasteiger partial charge on any atom is 0.276 e. The number of piperazine rings is 1. The number of amides is 1. The predicted molar refractivity (Wildman–Crippen MR) is 116 cm³/mol. The molecule has 0 aliphatic carbocycles. The van der Waals surface area contributed by atoms with Gasteiger partial charge in [-0.25, -0.2) is 4.68 Å². The highest BCUT2D eigenvalue weighted by Crippen LogP contribution is 2.24. The first-order valence-electron chi connectivity index (χ1n) is 9.37. The van der Waals surface area contributed by atoms with Crippen LogP contribution in [0.15, 0.2) is 40.2 Å². The van der Waals surface area contributed by atoms with E-state index in [1.54, 1.807) is 23.1 Å². The Balaban J connectivity index is 1.40. The summed E-state index contributed by atoms with van der Waals surface area (Å²) in [5.74, 6) is 0.719. The molecule has 7 nitrogen and oxygen atoms in total. The third-order valence-corrected chi connectivity index (χ3v) is 6.69. The molecule has 2 aromatic heterocycles. The number of nitrogens with zero attached hydrogens (tertiary/aromatic N) is 5. The SMILES string of the molecule is COc1ccc(-n2nnc(C(=O)N3CCN(Cc4ccc(Br)s4)CC3)c2C)cc1. The molecule has 1 fully saturated rings. The van der Waals surface area contributed by atoms with Crippen LogP contribution in [0.25, 0.3) is 5.69 Å². The molecule has 1 aliphatic heterocycles. The molecule has 1 amide bonds. The number of carbonyl (C=O) groups is 1. The highest BCUT2D eigenvalue weighted by Gasteiger charge is 2.26. The number of rotatable bonds is 5. The van der Waals surface area contributed by atoms with Crippen molar-refractivity contribution in [1.29, 1.82) is 0 Å². The van der Waals surface area contributed by atoms with Gasteiger partial charge in [0.1, 0.15) is 5.75 Å². The van der Waals surface area contributed by atoms with Gasteiger partial charge in [0, 0.05) is 37.6 Å². The maximum atomic E-state index is 13.0. The van der Waals surface area contributed by atoms with Crippen molar-refractivity contribution >= 4 is 33.2 Å². The second-order valence-corrected chi connectivity index (χ2v) is 9.46. The molecule has 0 N–H and O–H groups in total. The van der Waals surface area contributed by atoms with Gasteiger partial charge in [0.2, 0.25) is 0 Å². The predicted octanol–water partition coefficient (Wildman–Crippen LogP) is 3.37. The normalized spacial score (nSPS) is 14.9.